The van der Waals surface area contributed by atoms with E-state index in [9.17, 15) is 4.79 Å². The summed E-state index contributed by atoms with van der Waals surface area (Å²) in [5, 5.41) is 0. The van der Waals surface area contributed by atoms with E-state index in [2.05, 4.69) is 27.7 Å². The molecule has 0 aromatic carbocycles. The first kappa shape index (κ1) is 23.4. The molecule has 0 saturated heterocycles. The monoisotopic (exact) mass is 342 g/mol. The lowest BCUT2D eigenvalue weighted by Crippen LogP contribution is -2.28. The van der Waals surface area contributed by atoms with E-state index >= 15 is 0 Å². The van der Waals surface area contributed by atoms with E-state index in [0.29, 0.717) is 12.5 Å². The molecule has 0 aromatic rings. The Labute approximate surface area is 150 Å². The molecule has 0 heterocycles. The van der Waals surface area contributed by atoms with Crippen LogP contribution in [0.25, 0.3) is 0 Å². The van der Waals surface area contributed by atoms with Crippen LogP contribution < -0.4 is 0 Å². The zero-order valence-corrected chi connectivity index (χ0v) is 17.2. The van der Waals surface area contributed by atoms with Gasteiger partial charge in [-0.25, -0.2) is 4.79 Å². The second kappa shape index (κ2) is 13.7. The van der Waals surface area contributed by atoms with Crippen molar-refractivity contribution in [3.63, 3.8) is 0 Å². The normalized spacial score (nSPS) is 14.4. The van der Waals surface area contributed by atoms with Gasteiger partial charge in [-0.05, 0) is 44.9 Å². The van der Waals surface area contributed by atoms with Gasteiger partial charge in [0.25, 0.3) is 0 Å². The molecule has 0 radical (unpaired) electrons. The zero-order chi connectivity index (χ0) is 18.4. The minimum atomic E-state index is -0.467. The lowest BCUT2D eigenvalue weighted by Gasteiger charge is -2.24. The Hall–Kier alpha value is -0.570. The molecule has 2 atom stereocenters. The molecule has 2 unspecified atom stereocenters. The van der Waals surface area contributed by atoms with Crippen LogP contribution in [0.4, 0.5) is 0 Å². The van der Waals surface area contributed by atoms with E-state index in [1.807, 2.05) is 13.8 Å². The number of rotatable bonds is 15. The molecule has 0 aliphatic carbocycles. The van der Waals surface area contributed by atoms with Crippen LogP contribution in [0.15, 0.2) is 0 Å². The van der Waals surface area contributed by atoms with Gasteiger partial charge in [0, 0.05) is 0 Å². The summed E-state index contributed by atoms with van der Waals surface area (Å²) in [5.41, 5.74) is -0.467. The van der Waals surface area contributed by atoms with Crippen LogP contribution in [0, 0.1) is 17.3 Å². The van der Waals surface area contributed by atoms with Crippen LogP contribution >= 0.6 is 0 Å². The van der Waals surface area contributed by atoms with Crippen LogP contribution in [0.5, 0.6) is 0 Å². The molecule has 0 saturated carbocycles. The van der Waals surface area contributed by atoms with Crippen molar-refractivity contribution in [1.29, 1.82) is 0 Å². The lowest BCUT2D eigenvalue weighted by atomic mass is 9.83. The van der Waals surface area contributed by atoms with Gasteiger partial charge in [-0.2, -0.15) is 4.89 Å². The van der Waals surface area contributed by atoms with E-state index in [4.69, 9.17) is 9.78 Å². The fourth-order valence-corrected chi connectivity index (χ4v) is 2.91. The van der Waals surface area contributed by atoms with Crippen molar-refractivity contribution in [2.75, 3.05) is 6.61 Å². The van der Waals surface area contributed by atoms with Crippen molar-refractivity contribution in [3.05, 3.63) is 0 Å². The molecule has 0 bridgehead atoms. The van der Waals surface area contributed by atoms with Gasteiger partial charge in [-0.15, -0.1) is 0 Å². The molecule has 0 rings (SSSR count). The smallest absolute Gasteiger partial charge is 0.298 e. The average Bonchev–Trinajstić information content (AvgIpc) is 2.57. The van der Waals surface area contributed by atoms with E-state index in [-0.39, 0.29) is 5.97 Å². The molecule has 144 valence electrons. The predicted molar refractivity (Wildman–Crippen MR) is 102 cm³/mol. The first-order chi connectivity index (χ1) is 11.4. The van der Waals surface area contributed by atoms with Crippen molar-refractivity contribution in [3.8, 4) is 0 Å². The third kappa shape index (κ3) is 10.3. The highest BCUT2D eigenvalue weighted by Crippen LogP contribution is 2.29. The fraction of sp³-hybridized carbons (Fsp3) is 0.952. The fourth-order valence-electron chi connectivity index (χ4n) is 2.91. The molecule has 3 heteroatoms. The van der Waals surface area contributed by atoms with Crippen molar-refractivity contribution < 1.29 is 14.6 Å². The Morgan fingerprint density at radius 3 is 1.92 bits per heavy atom. The Morgan fingerprint density at radius 1 is 0.875 bits per heavy atom. The van der Waals surface area contributed by atoms with Crippen LogP contribution in [0.1, 0.15) is 106 Å². The van der Waals surface area contributed by atoms with E-state index in [0.717, 1.165) is 31.6 Å². The molecule has 0 N–H and O–H groups in total. The van der Waals surface area contributed by atoms with Crippen LogP contribution in [-0.2, 0) is 14.6 Å². The zero-order valence-electron chi connectivity index (χ0n) is 17.2. The predicted octanol–water partition coefficient (Wildman–Crippen LogP) is 6.70. The van der Waals surface area contributed by atoms with Crippen molar-refractivity contribution >= 4 is 5.97 Å². The number of hydrogen-bond donors (Lipinski definition) is 0. The molecular formula is C21H42O3. The second-order valence-electron chi connectivity index (χ2n) is 7.91. The Morgan fingerprint density at radius 2 is 1.42 bits per heavy atom. The quantitative estimate of drug-likeness (QED) is 0.245. The summed E-state index contributed by atoms with van der Waals surface area (Å²) in [5.74, 6) is 0.981. The van der Waals surface area contributed by atoms with Gasteiger partial charge in [0.2, 0.25) is 0 Å². The molecule has 0 aromatic heterocycles. The first-order valence-corrected chi connectivity index (χ1v) is 10.2. The summed E-state index contributed by atoms with van der Waals surface area (Å²) in [4.78, 5) is 22.7. The summed E-state index contributed by atoms with van der Waals surface area (Å²) in [6.45, 7) is 13.3. The van der Waals surface area contributed by atoms with Gasteiger partial charge in [-0.1, -0.05) is 72.6 Å². The SMILES string of the molecule is CCCCC(CC)CCC(C)(C)C(=O)OOCC(CC)CCCC. The number of hydrogen-bond acceptors (Lipinski definition) is 3. The minimum Gasteiger partial charge on any atom is -0.298 e. The maximum atomic E-state index is 12.3. The van der Waals surface area contributed by atoms with E-state index in [1.165, 1.54) is 38.5 Å². The van der Waals surface area contributed by atoms with Crippen molar-refractivity contribution in [2.45, 2.75) is 106 Å². The highest BCUT2D eigenvalue weighted by atomic mass is 17.2. The highest BCUT2D eigenvalue weighted by molar-refractivity contribution is 5.75. The molecule has 0 aliphatic rings. The second-order valence-corrected chi connectivity index (χ2v) is 7.91. The molecule has 3 nitrogen and oxygen atoms in total. The summed E-state index contributed by atoms with van der Waals surface area (Å²) in [6.07, 6.45) is 11.5. The standard InChI is InChI=1S/C21H42O3/c1-7-11-13-18(9-3)15-16-21(5,6)20(22)24-23-17-19(10-4)14-12-8-2/h18-19H,7-17H2,1-6H3. The minimum absolute atomic E-state index is 0.224. The van der Waals surface area contributed by atoms with Gasteiger partial charge >= 0.3 is 5.97 Å². The maximum absolute atomic E-state index is 12.3. The maximum Gasteiger partial charge on any atom is 0.347 e. The molecule has 0 spiro atoms. The van der Waals surface area contributed by atoms with Gasteiger partial charge < -0.3 is 0 Å². The highest BCUT2D eigenvalue weighted by Gasteiger charge is 2.31. The summed E-state index contributed by atoms with van der Waals surface area (Å²) in [7, 11) is 0. The van der Waals surface area contributed by atoms with Crippen LogP contribution in [0.2, 0.25) is 0 Å². The van der Waals surface area contributed by atoms with E-state index < -0.39 is 5.41 Å². The molecule has 0 aliphatic heterocycles. The van der Waals surface area contributed by atoms with Crippen LogP contribution in [-0.4, -0.2) is 12.6 Å². The Balaban J connectivity index is 4.17. The van der Waals surface area contributed by atoms with Crippen molar-refractivity contribution in [2.24, 2.45) is 17.3 Å². The number of carbonyl (C=O) groups excluding carboxylic acids is 1. The van der Waals surface area contributed by atoms with Crippen LogP contribution in [0.3, 0.4) is 0 Å². The van der Waals surface area contributed by atoms with Crippen molar-refractivity contribution in [1.82, 2.24) is 0 Å². The Kier molecular flexibility index (Phi) is 13.4. The molecule has 0 fully saturated rings. The molecule has 0 amide bonds. The summed E-state index contributed by atoms with van der Waals surface area (Å²) in [6, 6.07) is 0. The van der Waals surface area contributed by atoms with E-state index in [1.54, 1.807) is 0 Å². The van der Waals surface area contributed by atoms with Gasteiger partial charge in [0.1, 0.15) is 0 Å². The summed E-state index contributed by atoms with van der Waals surface area (Å²) >= 11 is 0. The lowest BCUT2D eigenvalue weighted by molar-refractivity contribution is -0.286. The largest absolute Gasteiger partial charge is 0.347 e. The number of carbonyl (C=O) groups is 1. The molecular weight excluding hydrogens is 300 g/mol. The van der Waals surface area contributed by atoms with Gasteiger partial charge in [0.05, 0.1) is 12.0 Å². The van der Waals surface area contributed by atoms with Gasteiger partial charge in [0.15, 0.2) is 0 Å². The third-order valence-corrected chi connectivity index (χ3v) is 5.26. The number of unbranched alkanes of at least 4 members (excludes halogenated alkanes) is 2. The average molecular weight is 343 g/mol. The third-order valence-electron chi connectivity index (χ3n) is 5.26. The summed E-state index contributed by atoms with van der Waals surface area (Å²) < 4.78 is 0. The Bertz CT molecular complexity index is 312. The van der Waals surface area contributed by atoms with Gasteiger partial charge in [-0.3, -0.25) is 4.89 Å². The first-order valence-electron chi connectivity index (χ1n) is 10.2. The molecule has 24 heavy (non-hydrogen) atoms. The topological polar surface area (TPSA) is 35.5 Å².